The third kappa shape index (κ3) is 10.2. The van der Waals surface area contributed by atoms with Crippen LogP contribution in [0.3, 0.4) is 0 Å². The second-order valence-corrected chi connectivity index (χ2v) is 6.66. The highest BCUT2D eigenvalue weighted by Gasteiger charge is 2.15. The normalized spacial score (nSPS) is 18.3. The van der Waals surface area contributed by atoms with Crippen molar-refractivity contribution in [2.45, 2.75) is 51.3 Å². The Bertz CT molecular complexity index is 320. The van der Waals surface area contributed by atoms with Crippen LogP contribution in [-0.4, -0.2) is 48.5 Å². The minimum atomic E-state index is 0. The van der Waals surface area contributed by atoms with Gasteiger partial charge in [-0.2, -0.15) is 11.8 Å². The van der Waals surface area contributed by atoms with E-state index >= 15 is 0 Å². The molecule has 5 nitrogen and oxygen atoms in total. The van der Waals surface area contributed by atoms with Crippen LogP contribution in [0, 0.1) is 0 Å². The summed E-state index contributed by atoms with van der Waals surface area (Å²) in [7, 11) is 0. The van der Waals surface area contributed by atoms with Gasteiger partial charge in [0.05, 0.1) is 6.54 Å². The maximum Gasteiger partial charge on any atom is 0.221 e. The molecule has 1 fully saturated rings. The molecule has 1 saturated heterocycles. The molecule has 1 atom stereocenters. The summed E-state index contributed by atoms with van der Waals surface area (Å²) in [6, 6.07) is 0.198. The lowest BCUT2D eigenvalue weighted by Crippen LogP contribution is -2.40. The predicted octanol–water partition coefficient (Wildman–Crippen LogP) is 1.97. The summed E-state index contributed by atoms with van der Waals surface area (Å²) in [6.07, 6.45) is 3.05. The molecule has 0 aromatic rings. The second kappa shape index (κ2) is 12.4. The Balaban J connectivity index is 0.00000400. The zero-order chi connectivity index (χ0) is 14.8. The van der Waals surface area contributed by atoms with Gasteiger partial charge in [-0.05, 0) is 39.4 Å². The number of hydrogen-bond acceptors (Lipinski definition) is 3. The smallest absolute Gasteiger partial charge is 0.221 e. The molecule has 1 unspecified atom stereocenters. The number of hydrogen-bond donors (Lipinski definition) is 3. The molecule has 1 rings (SSSR count). The Kier molecular flexibility index (Phi) is 12.3. The van der Waals surface area contributed by atoms with E-state index in [4.69, 9.17) is 0 Å². The van der Waals surface area contributed by atoms with Crippen molar-refractivity contribution >= 4 is 47.6 Å². The quantitative estimate of drug-likeness (QED) is 0.330. The van der Waals surface area contributed by atoms with Crippen LogP contribution < -0.4 is 16.0 Å². The SMILES string of the molecule is CCNC(=NCC1CCCS1)NCCC(=O)NC(C)C.I. The van der Waals surface area contributed by atoms with Crippen LogP contribution in [0.5, 0.6) is 0 Å². The average molecular weight is 428 g/mol. The monoisotopic (exact) mass is 428 g/mol. The maximum atomic E-state index is 11.5. The number of nitrogens with zero attached hydrogens (tertiary/aromatic N) is 1. The van der Waals surface area contributed by atoms with Crippen molar-refractivity contribution in [2.75, 3.05) is 25.4 Å². The average Bonchev–Trinajstić information content (AvgIpc) is 2.88. The summed E-state index contributed by atoms with van der Waals surface area (Å²) in [4.78, 5) is 16.1. The number of aliphatic imine (C=N–C) groups is 1. The molecular weight excluding hydrogens is 399 g/mol. The number of carbonyl (C=O) groups excluding carboxylic acids is 1. The molecule has 3 N–H and O–H groups in total. The Morgan fingerprint density at radius 2 is 2.14 bits per heavy atom. The molecule has 0 aromatic carbocycles. The number of rotatable bonds is 7. The van der Waals surface area contributed by atoms with Gasteiger partial charge in [-0.1, -0.05) is 0 Å². The summed E-state index contributed by atoms with van der Waals surface area (Å²) < 4.78 is 0. The van der Waals surface area contributed by atoms with Crippen LogP contribution in [0.15, 0.2) is 4.99 Å². The first kappa shape index (κ1) is 20.8. The number of nitrogens with one attached hydrogen (secondary N) is 3. The van der Waals surface area contributed by atoms with Gasteiger partial charge in [0.2, 0.25) is 5.91 Å². The van der Waals surface area contributed by atoms with E-state index < -0.39 is 0 Å². The summed E-state index contributed by atoms with van der Waals surface area (Å²) in [5, 5.41) is 9.98. The Hall–Kier alpha value is -0.180. The lowest BCUT2D eigenvalue weighted by molar-refractivity contribution is -0.121. The highest BCUT2D eigenvalue weighted by molar-refractivity contribution is 14.0. The molecule has 1 aliphatic heterocycles. The van der Waals surface area contributed by atoms with Crippen molar-refractivity contribution in [3.05, 3.63) is 0 Å². The number of halogens is 1. The van der Waals surface area contributed by atoms with Gasteiger partial charge < -0.3 is 16.0 Å². The molecule has 1 heterocycles. The van der Waals surface area contributed by atoms with Gasteiger partial charge in [-0.3, -0.25) is 9.79 Å². The maximum absolute atomic E-state index is 11.5. The van der Waals surface area contributed by atoms with E-state index in [0.717, 1.165) is 19.0 Å². The van der Waals surface area contributed by atoms with Crippen LogP contribution in [0.1, 0.15) is 40.0 Å². The van der Waals surface area contributed by atoms with Crippen molar-refractivity contribution in [2.24, 2.45) is 4.99 Å². The van der Waals surface area contributed by atoms with Crippen molar-refractivity contribution in [3.63, 3.8) is 0 Å². The molecule has 0 saturated carbocycles. The minimum absolute atomic E-state index is 0. The second-order valence-electron chi connectivity index (χ2n) is 5.25. The molecule has 124 valence electrons. The molecule has 0 aromatic heterocycles. The molecule has 0 bridgehead atoms. The highest BCUT2D eigenvalue weighted by atomic mass is 127. The van der Waals surface area contributed by atoms with Crippen LogP contribution in [0.25, 0.3) is 0 Å². The minimum Gasteiger partial charge on any atom is -0.357 e. The first-order chi connectivity index (χ1) is 9.61. The fourth-order valence-corrected chi connectivity index (χ4v) is 3.19. The van der Waals surface area contributed by atoms with Crippen molar-refractivity contribution in [1.29, 1.82) is 0 Å². The lowest BCUT2D eigenvalue weighted by atomic mass is 10.2. The van der Waals surface area contributed by atoms with Gasteiger partial charge in [0.25, 0.3) is 0 Å². The van der Waals surface area contributed by atoms with Crippen LogP contribution >= 0.6 is 35.7 Å². The predicted molar refractivity (Wildman–Crippen MR) is 103 cm³/mol. The van der Waals surface area contributed by atoms with E-state index in [0.29, 0.717) is 18.2 Å². The van der Waals surface area contributed by atoms with Crippen LogP contribution in [-0.2, 0) is 4.79 Å². The topological polar surface area (TPSA) is 65.5 Å². The molecule has 0 aliphatic carbocycles. The van der Waals surface area contributed by atoms with Gasteiger partial charge in [0, 0.05) is 30.8 Å². The number of thioether (sulfide) groups is 1. The molecule has 0 spiro atoms. The summed E-state index contributed by atoms with van der Waals surface area (Å²) in [6.45, 7) is 8.29. The molecule has 7 heteroatoms. The Morgan fingerprint density at radius 1 is 1.38 bits per heavy atom. The van der Waals surface area contributed by atoms with Gasteiger partial charge >= 0.3 is 0 Å². The van der Waals surface area contributed by atoms with E-state index in [1.165, 1.54) is 18.6 Å². The number of amides is 1. The van der Waals surface area contributed by atoms with Crippen molar-refractivity contribution in [3.8, 4) is 0 Å². The van der Waals surface area contributed by atoms with Crippen LogP contribution in [0.4, 0.5) is 0 Å². The van der Waals surface area contributed by atoms with Crippen LogP contribution in [0.2, 0.25) is 0 Å². The van der Waals surface area contributed by atoms with E-state index in [-0.39, 0.29) is 35.9 Å². The molecule has 1 aliphatic rings. The van der Waals surface area contributed by atoms with Gasteiger partial charge in [0.1, 0.15) is 0 Å². The molecule has 21 heavy (non-hydrogen) atoms. The number of guanidine groups is 1. The zero-order valence-electron chi connectivity index (χ0n) is 13.3. The first-order valence-electron chi connectivity index (χ1n) is 7.55. The zero-order valence-corrected chi connectivity index (χ0v) is 16.4. The molecular formula is C14H29IN4OS. The van der Waals surface area contributed by atoms with E-state index in [1.807, 2.05) is 32.5 Å². The van der Waals surface area contributed by atoms with E-state index in [9.17, 15) is 4.79 Å². The largest absolute Gasteiger partial charge is 0.357 e. The van der Waals surface area contributed by atoms with Crippen molar-refractivity contribution in [1.82, 2.24) is 16.0 Å². The fraction of sp³-hybridized carbons (Fsp3) is 0.857. The standard InChI is InChI=1S/C14H28N4OS.HI/c1-4-15-14(17-10-12-6-5-9-20-12)16-8-7-13(19)18-11(2)3;/h11-12H,4-10H2,1-3H3,(H,18,19)(H2,15,16,17);1H. The third-order valence-corrected chi connectivity index (χ3v) is 4.30. The Labute approximate surface area is 149 Å². The highest BCUT2D eigenvalue weighted by Crippen LogP contribution is 2.25. The third-order valence-electron chi connectivity index (χ3n) is 2.92. The molecule has 0 radical (unpaired) electrons. The number of carbonyl (C=O) groups is 1. The Morgan fingerprint density at radius 3 is 2.71 bits per heavy atom. The van der Waals surface area contributed by atoms with Crippen molar-refractivity contribution < 1.29 is 4.79 Å². The van der Waals surface area contributed by atoms with Gasteiger partial charge in [-0.15, -0.1) is 24.0 Å². The summed E-state index contributed by atoms with van der Waals surface area (Å²) in [5.41, 5.74) is 0. The fourth-order valence-electron chi connectivity index (χ4n) is 2.01. The summed E-state index contributed by atoms with van der Waals surface area (Å²) >= 11 is 2.01. The summed E-state index contributed by atoms with van der Waals surface area (Å²) in [5.74, 6) is 2.16. The van der Waals surface area contributed by atoms with E-state index in [2.05, 4.69) is 20.9 Å². The lowest BCUT2D eigenvalue weighted by Gasteiger charge is -2.13. The first-order valence-corrected chi connectivity index (χ1v) is 8.59. The van der Waals surface area contributed by atoms with E-state index in [1.54, 1.807) is 0 Å². The van der Waals surface area contributed by atoms with Gasteiger partial charge in [0.15, 0.2) is 5.96 Å². The molecule has 1 amide bonds. The van der Waals surface area contributed by atoms with Gasteiger partial charge in [-0.25, -0.2) is 0 Å².